The summed E-state index contributed by atoms with van der Waals surface area (Å²) in [5, 5.41) is 10.1. The Hall–Kier alpha value is -3.80. The van der Waals surface area contributed by atoms with Gasteiger partial charge >= 0.3 is 0 Å². The Labute approximate surface area is 154 Å². The lowest BCUT2D eigenvalue weighted by Gasteiger charge is -2.34. The average molecular weight is 358 g/mol. The normalized spacial score (nSPS) is 17.0. The highest BCUT2D eigenvalue weighted by atomic mass is 16.5. The highest BCUT2D eigenvalue weighted by Crippen LogP contribution is 2.45. The van der Waals surface area contributed by atoms with E-state index in [0.717, 1.165) is 0 Å². The van der Waals surface area contributed by atoms with Gasteiger partial charge in [0.15, 0.2) is 0 Å². The number of amides is 2. The summed E-state index contributed by atoms with van der Waals surface area (Å²) in [6, 6.07) is 20.4. The fraction of sp³-hybridized carbons (Fsp3) is 0.0476. The Morgan fingerprint density at radius 1 is 0.889 bits per heavy atom. The Bertz CT molecular complexity index is 1090. The highest BCUT2D eigenvalue weighted by molar-refractivity contribution is 6.18. The van der Waals surface area contributed by atoms with Gasteiger partial charge in [0, 0.05) is 0 Å². The maximum atomic E-state index is 13.3. The van der Waals surface area contributed by atoms with Crippen molar-refractivity contribution in [2.45, 2.75) is 6.35 Å². The van der Waals surface area contributed by atoms with Gasteiger partial charge in [0.1, 0.15) is 11.5 Å². The number of ether oxygens (including phenoxy) is 1. The monoisotopic (exact) mass is 358 g/mol. The van der Waals surface area contributed by atoms with Crippen LogP contribution >= 0.6 is 0 Å². The number of nitrogens with zero attached hydrogens (tertiary/aromatic N) is 2. The number of fused-ring (bicyclic) bond motifs is 4. The summed E-state index contributed by atoms with van der Waals surface area (Å²) < 4.78 is 6.03. The zero-order chi connectivity index (χ0) is 18.5. The quantitative estimate of drug-likeness (QED) is 0.724. The second-order valence-electron chi connectivity index (χ2n) is 6.30. The summed E-state index contributed by atoms with van der Waals surface area (Å²) in [7, 11) is 0. The lowest BCUT2D eigenvalue weighted by Crippen LogP contribution is -2.54. The summed E-state index contributed by atoms with van der Waals surface area (Å²) >= 11 is 0. The Kier molecular flexibility index (Phi) is 3.21. The van der Waals surface area contributed by atoms with E-state index in [1.165, 1.54) is 15.9 Å². The highest BCUT2D eigenvalue weighted by Gasteiger charge is 2.48. The predicted molar refractivity (Wildman–Crippen MR) is 99.0 cm³/mol. The lowest BCUT2D eigenvalue weighted by molar-refractivity contribution is 0.0815. The first-order chi connectivity index (χ1) is 13.2. The molecular weight excluding hydrogens is 344 g/mol. The molecule has 1 N–H and O–H groups in total. The summed E-state index contributed by atoms with van der Waals surface area (Å²) in [6.07, 6.45) is -0.947. The van der Waals surface area contributed by atoms with Gasteiger partial charge in [0.25, 0.3) is 18.2 Å². The zero-order valence-electron chi connectivity index (χ0n) is 14.1. The van der Waals surface area contributed by atoms with Crippen LogP contribution in [0.15, 0.2) is 72.8 Å². The van der Waals surface area contributed by atoms with Crippen molar-refractivity contribution in [2.75, 3.05) is 9.80 Å². The number of phenolic OH excluding ortho intramolecular Hbond substituents is 1. The van der Waals surface area contributed by atoms with Crippen molar-refractivity contribution in [2.24, 2.45) is 0 Å². The van der Waals surface area contributed by atoms with Crippen molar-refractivity contribution >= 4 is 23.2 Å². The van der Waals surface area contributed by atoms with E-state index < -0.39 is 12.3 Å². The third-order valence-electron chi connectivity index (χ3n) is 4.76. The van der Waals surface area contributed by atoms with E-state index in [4.69, 9.17) is 4.74 Å². The van der Waals surface area contributed by atoms with Crippen molar-refractivity contribution in [1.82, 2.24) is 0 Å². The van der Waals surface area contributed by atoms with Crippen LogP contribution in [0.2, 0.25) is 0 Å². The molecule has 27 heavy (non-hydrogen) atoms. The molecule has 0 aliphatic carbocycles. The van der Waals surface area contributed by atoms with E-state index in [1.807, 2.05) is 0 Å². The Balaban J connectivity index is 1.68. The molecule has 0 radical (unpaired) electrons. The van der Waals surface area contributed by atoms with E-state index >= 15 is 0 Å². The van der Waals surface area contributed by atoms with Gasteiger partial charge in [-0.2, -0.15) is 0 Å². The second-order valence-corrected chi connectivity index (χ2v) is 6.30. The third kappa shape index (κ3) is 2.13. The molecule has 0 bridgehead atoms. The molecule has 1 atom stereocenters. The first-order valence-electron chi connectivity index (χ1n) is 8.46. The first-order valence-corrected chi connectivity index (χ1v) is 8.46. The molecule has 1 unspecified atom stereocenters. The number of anilines is 2. The van der Waals surface area contributed by atoms with Gasteiger partial charge in [-0.15, -0.1) is 0 Å². The van der Waals surface area contributed by atoms with Gasteiger partial charge in [-0.3, -0.25) is 19.4 Å². The maximum Gasteiger partial charge on any atom is 0.266 e. The second kappa shape index (κ2) is 5.60. The molecular formula is C21H14N2O4. The van der Waals surface area contributed by atoms with Crippen LogP contribution in [0.25, 0.3) is 0 Å². The summed E-state index contributed by atoms with van der Waals surface area (Å²) in [4.78, 5) is 29.2. The lowest BCUT2D eigenvalue weighted by atomic mass is 10.1. The van der Waals surface area contributed by atoms with E-state index in [2.05, 4.69) is 0 Å². The van der Waals surface area contributed by atoms with Gasteiger partial charge in [0.2, 0.25) is 0 Å². The average Bonchev–Trinajstić information content (AvgIpc) is 3.02. The van der Waals surface area contributed by atoms with Crippen LogP contribution < -0.4 is 14.5 Å². The molecule has 0 fully saturated rings. The minimum Gasteiger partial charge on any atom is -0.507 e. The molecule has 0 spiro atoms. The number of hydrogen-bond donors (Lipinski definition) is 1. The molecule has 0 aromatic heterocycles. The zero-order valence-corrected chi connectivity index (χ0v) is 14.1. The maximum absolute atomic E-state index is 13.3. The van der Waals surface area contributed by atoms with Crippen LogP contribution in [0.1, 0.15) is 20.7 Å². The largest absolute Gasteiger partial charge is 0.507 e. The van der Waals surface area contributed by atoms with Crippen LogP contribution in [0.3, 0.4) is 0 Å². The smallest absolute Gasteiger partial charge is 0.266 e. The predicted octanol–water partition coefficient (Wildman–Crippen LogP) is 3.38. The van der Waals surface area contributed by atoms with E-state index in [9.17, 15) is 14.7 Å². The molecule has 2 aliphatic heterocycles. The van der Waals surface area contributed by atoms with Gasteiger partial charge in [-0.05, 0) is 36.4 Å². The first kappa shape index (κ1) is 15.5. The number of carbonyl (C=O) groups excluding carboxylic acids is 2. The van der Waals surface area contributed by atoms with Crippen LogP contribution in [0.5, 0.6) is 11.5 Å². The van der Waals surface area contributed by atoms with Crippen LogP contribution in [-0.4, -0.2) is 23.3 Å². The van der Waals surface area contributed by atoms with Gasteiger partial charge in [-0.25, -0.2) is 0 Å². The Morgan fingerprint density at radius 3 is 2.37 bits per heavy atom. The molecule has 0 saturated heterocycles. The summed E-state index contributed by atoms with van der Waals surface area (Å²) in [5.41, 5.74) is 1.73. The minimum atomic E-state index is -0.947. The van der Waals surface area contributed by atoms with Crippen molar-refractivity contribution in [1.29, 1.82) is 0 Å². The number of para-hydroxylation sites is 4. The van der Waals surface area contributed by atoms with E-state index in [1.54, 1.807) is 66.7 Å². The fourth-order valence-electron chi connectivity index (χ4n) is 3.52. The molecule has 2 heterocycles. The molecule has 5 rings (SSSR count). The van der Waals surface area contributed by atoms with E-state index in [0.29, 0.717) is 22.7 Å². The number of hydrogen-bond acceptors (Lipinski definition) is 4. The molecule has 3 aromatic carbocycles. The third-order valence-corrected chi connectivity index (χ3v) is 4.76. The number of aromatic hydroxyl groups is 1. The number of carbonyl (C=O) groups is 2. The van der Waals surface area contributed by atoms with Gasteiger partial charge in [0.05, 0.1) is 22.5 Å². The number of benzene rings is 3. The van der Waals surface area contributed by atoms with Crippen molar-refractivity contribution < 1.29 is 19.4 Å². The van der Waals surface area contributed by atoms with E-state index in [-0.39, 0.29) is 17.2 Å². The number of rotatable bonds is 1. The number of phenols is 1. The molecule has 2 aliphatic rings. The van der Waals surface area contributed by atoms with Crippen molar-refractivity contribution in [3.8, 4) is 11.5 Å². The minimum absolute atomic E-state index is 0.124. The summed E-state index contributed by atoms with van der Waals surface area (Å²) in [5.74, 6) is -0.380. The van der Waals surface area contributed by atoms with Crippen molar-refractivity contribution in [3.05, 3.63) is 83.9 Å². The molecule has 3 aromatic rings. The van der Waals surface area contributed by atoms with Gasteiger partial charge in [-0.1, -0.05) is 36.4 Å². The Morgan fingerprint density at radius 2 is 1.56 bits per heavy atom. The standard InChI is InChI=1S/C21H14N2O4/c24-17-11-5-1-7-13(17)19(25)22-15-9-3-4-10-16(15)23-20(26)14-8-2-6-12-18(14)27-21(22)23/h1-12,21,24H. The summed E-state index contributed by atoms with van der Waals surface area (Å²) in [6.45, 7) is 0. The van der Waals surface area contributed by atoms with Crippen LogP contribution in [0, 0.1) is 0 Å². The molecule has 2 amide bonds. The molecule has 0 saturated carbocycles. The van der Waals surface area contributed by atoms with Crippen LogP contribution in [0.4, 0.5) is 11.4 Å². The molecule has 6 heteroatoms. The van der Waals surface area contributed by atoms with Crippen LogP contribution in [-0.2, 0) is 0 Å². The topological polar surface area (TPSA) is 70.1 Å². The van der Waals surface area contributed by atoms with Crippen molar-refractivity contribution in [3.63, 3.8) is 0 Å². The van der Waals surface area contributed by atoms with Gasteiger partial charge < -0.3 is 9.84 Å². The fourth-order valence-corrected chi connectivity index (χ4v) is 3.52. The molecule has 132 valence electrons. The SMILES string of the molecule is O=C(c1ccccc1O)N1c2ccccc2N2C(=O)c3ccccc3OC12. The molecule has 6 nitrogen and oxygen atoms in total.